The molecule has 2 aliphatic heterocycles. The van der Waals surface area contributed by atoms with E-state index in [4.69, 9.17) is 15.2 Å². The molecule has 6 heteroatoms. The van der Waals surface area contributed by atoms with Gasteiger partial charge in [0.2, 0.25) is 0 Å². The number of fused-ring (bicyclic) bond motifs is 1. The normalized spacial score (nSPS) is 26.0. The summed E-state index contributed by atoms with van der Waals surface area (Å²) in [5.41, 5.74) is 8.30. The molecule has 2 heterocycles. The number of guanidine groups is 1. The molecule has 0 amide bonds. The van der Waals surface area contributed by atoms with E-state index in [-0.39, 0.29) is 36.1 Å². The van der Waals surface area contributed by atoms with Crippen LogP contribution < -0.4 is 15.8 Å². The number of aliphatic imine (C=N–C) groups is 1. The van der Waals surface area contributed by atoms with Crippen molar-refractivity contribution in [1.29, 1.82) is 0 Å². The van der Waals surface area contributed by atoms with Crippen molar-refractivity contribution in [3.8, 4) is 5.75 Å². The van der Waals surface area contributed by atoms with Crippen molar-refractivity contribution in [2.24, 2.45) is 16.6 Å². The molecule has 0 spiro atoms. The maximum Gasteiger partial charge on any atom is 0.189 e. The summed E-state index contributed by atoms with van der Waals surface area (Å²) < 4.78 is 11.4. The monoisotopic (exact) mass is 443 g/mol. The third-order valence-corrected chi connectivity index (χ3v) is 4.48. The molecule has 0 bridgehead atoms. The van der Waals surface area contributed by atoms with E-state index in [2.05, 4.69) is 23.0 Å². The first-order valence-electron chi connectivity index (χ1n) is 8.20. The molecule has 5 nitrogen and oxygen atoms in total. The zero-order valence-electron chi connectivity index (χ0n) is 14.0. The molecule has 1 aromatic carbocycles. The van der Waals surface area contributed by atoms with E-state index in [1.165, 1.54) is 0 Å². The molecule has 3 atom stereocenters. The Morgan fingerprint density at radius 1 is 1.33 bits per heavy atom. The molecule has 24 heavy (non-hydrogen) atoms. The molecule has 3 rings (SSSR count). The fourth-order valence-electron chi connectivity index (χ4n) is 3.30. The summed E-state index contributed by atoms with van der Waals surface area (Å²) in [6.45, 7) is 8.14. The highest BCUT2D eigenvalue weighted by molar-refractivity contribution is 14.0. The average Bonchev–Trinajstić information content (AvgIpc) is 3.02. The van der Waals surface area contributed by atoms with Gasteiger partial charge in [0.1, 0.15) is 5.75 Å². The fourth-order valence-corrected chi connectivity index (χ4v) is 3.30. The van der Waals surface area contributed by atoms with E-state index in [1.54, 1.807) is 0 Å². The second-order valence-corrected chi connectivity index (χ2v) is 6.28. The van der Waals surface area contributed by atoms with Gasteiger partial charge in [0.15, 0.2) is 5.96 Å². The van der Waals surface area contributed by atoms with E-state index >= 15 is 0 Å². The zero-order chi connectivity index (χ0) is 16.2. The van der Waals surface area contributed by atoms with E-state index in [0.29, 0.717) is 25.0 Å². The van der Waals surface area contributed by atoms with Crippen LogP contribution in [-0.2, 0) is 4.74 Å². The quantitative estimate of drug-likeness (QED) is 0.325. The van der Waals surface area contributed by atoms with Crippen LogP contribution in [0.25, 0.3) is 0 Å². The highest BCUT2D eigenvalue weighted by Crippen LogP contribution is 2.31. The molecule has 2 aliphatic rings. The van der Waals surface area contributed by atoms with E-state index < -0.39 is 0 Å². The van der Waals surface area contributed by atoms with Gasteiger partial charge in [-0.25, -0.2) is 0 Å². The van der Waals surface area contributed by atoms with Crippen molar-refractivity contribution < 1.29 is 9.47 Å². The topological polar surface area (TPSA) is 68.9 Å². The van der Waals surface area contributed by atoms with Crippen LogP contribution in [0.15, 0.2) is 41.4 Å². The number of hydrogen-bond donors (Lipinski definition) is 2. The average molecular weight is 443 g/mol. The Bertz CT molecular complexity index is 606. The molecule has 3 unspecified atom stereocenters. The molecule has 3 N–H and O–H groups in total. The summed E-state index contributed by atoms with van der Waals surface area (Å²) >= 11 is 0. The minimum absolute atomic E-state index is 0. The highest BCUT2D eigenvalue weighted by Gasteiger charge is 2.28. The molecule has 1 aromatic rings. The highest BCUT2D eigenvalue weighted by atomic mass is 127. The van der Waals surface area contributed by atoms with Crippen molar-refractivity contribution in [3.05, 3.63) is 42.0 Å². The number of rotatable bonds is 4. The predicted molar refractivity (Wildman–Crippen MR) is 107 cm³/mol. The van der Waals surface area contributed by atoms with E-state index in [1.807, 2.05) is 25.1 Å². The standard InChI is InChI=1S/C18H25N3O2.HI/c1-12(2)17-13(7-9-23-17)11-20-18(19)21-15-8-10-22-16-6-4-3-5-14(15)16;/h3-6,13,15,17H,1,7-11H2,2H3,(H3,19,20,21);1H. The Hall–Kier alpha value is -1.28. The van der Waals surface area contributed by atoms with Gasteiger partial charge >= 0.3 is 0 Å². The molecule has 132 valence electrons. The molecule has 0 saturated carbocycles. The zero-order valence-corrected chi connectivity index (χ0v) is 16.4. The van der Waals surface area contributed by atoms with Crippen LogP contribution in [0.5, 0.6) is 5.75 Å². The van der Waals surface area contributed by atoms with Gasteiger partial charge in [0.25, 0.3) is 0 Å². The van der Waals surface area contributed by atoms with Crippen molar-refractivity contribution in [3.63, 3.8) is 0 Å². The van der Waals surface area contributed by atoms with Crippen LogP contribution in [0.4, 0.5) is 0 Å². The van der Waals surface area contributed by atoms with Crippen molar-refractivity contribution in [1.82, 2.24) is 5.32 Å². The number of nitrogens with zero attached hydrogens (tertiary/aromatic N) is 1. The lowest BCUT2D eigenvalue weighted by molar-refractivity contribution is 0.120. The lowest BCUT2D eigenvalue weighted by atomic mass is 9.97. The van der Waals surface area contributed by atoms with Crippen LogP contribution >= 0.6 is 24.0 Å². The number of para-hydroxylation sites is 1. The maximum atomic E-state index is 6.10. The summed E-state index contributed by atoms with van der Waals surface area (Å²) in [4.78, 5) is 4.53. The van der Waals surface area contributed by atoms with Crippen molar-refractivity contribution in [2.75, 3.05) is 19.8 Å². The maximum absolute atomic E-state index is 6.10. The molecule has 0 radical (unpaired) electrons. The lowest BCUT2D eigenvalue weighted by Crippen LogP contribution is -2.38. The molecule has 0 aliphatic carbocycles. The SMILES string of the molecule is C=C(C)C1OCCC1CN=C(N)NC1CCOc2ccccc21.I. The number of halogens is 1. The summed E-state index contributed by atoms with van der Waals surface area (Å²) in [6, 6.07) is 8.21. The Labute approximate surface area is 160 Å². The summed E-state index contributed by atoms with van der Waals surface area (Å²) in [7, 11) is 0. The van der Waals surface area contributed by atoms with Gasteiger partial charge in [-0.3, -0.25) is 4.99 Å². The largest absolute Gasteiger partial charge is 0.493 e. The van der Waals surface area contributed by atoms with Crippen LogP contribution in [0.3, 0.4) is 0 Å². The Morgan fingerprint density at radius 2 is 2.12 bits per heavy atom. The minimum atomic E-state index is 0. The molecular weight excluding hydrogens is 417 g/mol. The van der Waals surface area contributed by atoms with Gasteiger partial charge in [-0.2, -0.15) is 0 Å². The lowest BCUT2D eigenvalue weighted by Gasteiger charge is -2.27. The van der Waals surface area contributed by atoms with E-state index in [0.717, 1.165) is 36.3 Å². The van der Waals surface area contributed by atoms with E-state index in [9.17, 15) is 0 Å². The first-order valence-corrected chi connectivity index (χ1v) is 8.20. The van der Waals surface area contributed by atoms with Gasteiger partial charge in [0.05, 0.1) is 18.8 Å². The van der Waals surface area contributed by atoms with Gasteiger partial charge in [-0.1, -0.05) is 30.4 Å². The Morgan fingerprint density at radius 3 is 2.92 bits per heavy atom. The predicted octanol–water partition coefficient (Wildman–Crippen LogP) is 3.01. The summed E-state index contributed by atoms with van der Waals surface area (Å²) in [6.07, 6.45) is 2.00. The van der Waals surface area contributed by atoms with Crippen LogP contribution in [0.2, 0.25) is 0 Å². The second kappa shape index (κ2) is 8.71. The number of nitrogens with two attached hydrogens (primary N) is 1. The molecular formula is C18H26IN3O2. The summed E-state index contributed by atoms with van der Waals surface area (Å²) in [5.74, 6) is 1.78. The second-order valence-electron chi connectivity index (χ2n) is 6.28. The van der Waals surface area contributed by atoms with Crippen molar-refractivity contribution in [2.45, 2.75) is 31.9 Å². The Kier molecular flexibility index (Phi) is 6.91. The Balaban J connectivity index is 0.00000208. The van der Waals surface area contributed by atoms with Crippen LogP contribution in [0, 0.1) is 5.92 Å². The molecule has 1 saturated heterocycles. The number of nitrogens with one attached hydrogen (secondary N) is 1. The first-order chi connectivity index (χ1) is 11.1. The van der Waals surface area contributed by atoms with Gasteiger partial charge in [0, 0.05) is 31.1 Å². The third kappa shape index (κ3) is 4.42. The fraction of sp³-hybridized carbons (Fsp3) is 0.500. The van der Waals surface area contributed by atoms with Crippen LogP contribution in [0.1, 0.15) is 31.4 Å². The van der Waals surface area contributed by atoms with Crippen molar-refractivity contribution >= 4 is 29.9 Å². The minimum Gasteiger partial charge on any atom is -0.493 e. The number of benzene rings is 1. The van der Waals surface area contributed by atoms with Gasteiger partial charge in [-0.05, 0) is 19.4 Å². The van der Waals surface area contributed by atoms with Crippen LogP contribution in [-0.4, -0.2) is 31.8 Å². The molecule has 1 fully saturated rings. The summed E-state index contributed by atoms with van der Waals surface area (Å²) in [5, 5.41) is 3.33. The van der Waals surface area contributed by atoms with Gasteiger partial charge in [-0.15, -0.1) is 24.0 Å². The smallest absolute Gasteiger partial charge is 0.189 e. The third-order valence-electron chi connectivity index (χ3n) is 4.48. The first kappa shape index (κ1) is 19.1. The number of hydrogen-bond acceptors (Lipinski definition) is 3. The molecule has 0 aromatic heterocycles. The number of ether oxygens (including phenoxy) is 2. The van der Waals surface area contributed by atoms with Gasteiger partial charge < -0.3 is 20.5 Å².